The van der Waals surface area contributed by atoms with E-state index in [-0.39, 0.29) is 17.6 Å². The molecule has 1 saturated heterocycles. The number of methoxy groups -OCH3 is 1. The Kier molecular flexibility index (Phi) is 8.00. The third-order valence-corrected chi connectivity index (χ3v) is 5.38. The molecule has 0 spiro atoms. The van der Waals surface area contributed by atoms with Gasteiger partial charge < -0.3 is 19.5 Å². The largest absolute Gasteiger partial charge is 0.494 e. The first-order valence-corrected chi connectivity index (χ1v) is 11.2. The molecular formula is C24H26N2O6S. The number of imide groups is 1. The van der Waals surface area contributed by atoms with Crippen molar-refractivity contribution < 1.29 is 28.6 Å². The van der Waals surface area contributed by atoms with Crippen molar-refractivity contribution in [2.24, 2.45) is 0 Å². The van der Waals surface area contributed by atoms with Crippen LogP contribution >= 0.6 is 11.8 Å². The van der Waals surface area contributed by atoms with Gasteiger partial charge in [-0.2, -0.15) is 0 Å². The zero-order valence-electron chi connectivity index (χ0n) is 18.9. The Labute approximate surface area is 196 Å². The average Bonchev–Trinajstić information content (AvgIpc) is 3.03. The van der Waals surface area contributed by atoms with E-state index >= 15 is 0 Å². The number of amides is 3. The molecular weight excluding hydrogens is 444 g/mol. The maximum atomic E-state index is 12.8. The first-order valence-electron chi connectivity index (χ1n) is 10.4. The molecule has 33 heavy (non-hydrogen) atoms. The Hall–Kier alpha value is -3.46. The Morgan fingerprint density at radius 2 is 1.85 bits per heavy atom. The van der Waals surface area contributed by atoms with Crippen molar-refractivity contribution in [3.8, 4) is 17.2 Å². The number of hydrogen-bond acceptors (Lipinski definition) is 7. The van der Waals surface area contributed by atoms with Crippen molar-refractivity contribution in [3.05, 3.63) is 52.9 Å². The summed E-state index contributed by atoms with van der Waals surface area (Å²) in [6, 6.07) is 12.1. The maximum absolute atomic E-state index is 12.8. The van der Waals surface area contributed by atoms with Crippen LogP contribution in [-0.4, -0.2) is 48.3 Å². The fourth-order valence-electron chi connectivity index (χ4n) is 3.06. The summed E-state index contributed by atoms with van der Waals surface area (Å²) in [6.07, 6.45) is 1.58. The molecule has 0 saturated carbocycles. The van der Waals surface area contributed by atoms with E-state index in [0.717, 1.165) is 16.7 Å². The lowest BCUT2D eigenvalue weighted by Crippen LogP contribution is -2.36. The van der Waals surface area contributed by atoms with Gasteiger partial charge in [-0.25, -0.2) is 0 Å². The summed E-state index contributed by atoms with van der Waals surface area (Å²) in [5.74, 6) is 0.801. The fourth-order valence-corrected chi connectivity index (χ4v) is 3.90. The quantitative estimate of drug-likeness (QED) is 0.537. The number of nitrogens with one attached hydrogen (secondary N) is 1. The van der Waals surface area contributed by atoms with Gasteiger partial charge in [0.05, 0.1) is 24.7 Å². The van der Waals surface area contributed by atoms with E-state index in [1.807, 2.05) is 20.8 Å². The first kappa shape index (κ1) is 24.2. The highest BCUT2D eigenvalue weighted by molar-refractivity contribution is 8.18. The highest BCUT2D eigenvalue weighted by Gasteiger charge is 2.36. The zero-order chi connectivity index (χ0) is 24.0. The minimum Gasteiger partial charge on any atom is -0.494 e. The normalized spacial score (nSPS) is 14.7. The molecule has 0 bridgehead atoms. The van der Waals surface area contributed by atoms with Gasteiger partial charge in [-0.15, -0.1) is 0 Å². The molecule has 2 aromatic carbocycles. The SMILES string of the molecule is CCOc1ccc(NC(=O)CN2C(=O)S/C(=C/c3ccc(OC(C)C)c(OC)c3)C2=O)cc1. The number of thioether (sulfide) groups is 1. The summed E-state index contributed by atoms with van der Waals surface area (Å²) < 4.78 is 16.4. The van der Waals surface area contributed by atoms with Gasteiger partial charge in [0.2, 0.25) is 5.91 Å². The molecule has 1 aliphatic rings. The molecule has 0 radical (unpaired) electrons. The second-order valence-corrected chi connectivity index (χ2v) is 8.34. The predicted octanol–water partition coefficient (Wildman–Crippen LogP) is 4.56. The van der Waals surface area contributed by atoms with Crippen molar-refractivity contribution in [3.63, 3.8) is 0 Å². The first-order chi connectivity index (χ1) is 15.8. The van der Waals surface area contributed by atoms with Crippen LogP contribution in [0, 0.1) is 0 Å². The standard InChI is InChI=1S/C24H26N2O6S/c1-5-31-18-9-7-17(8-10-18)25-22(27)14-26-23(28)21(33-24(26)29)13-16-6-11-19(32-15(2)3)20(12-16)30-4/h6-13,15H,5,14H2,1-4H3,(H,25,27)/b21-13+. The number of hydrogen-bond donors (Lipinski definition) is 1. The molecule has 0 unspecified atom stereocenters. The van der Waals surface area contributed by atoms with Crippen LogP contribution in [0.2, 0.25) is 0 Å². The number of anilines is 1. The topological polar surface area (TPSA) is 94.2 Å². The number of carbonyl (C=O) groups excluding carboxylic acids is 3. The van der Waals surface area contributed by atoms with Gasteiger partial charge in [0, 0.05) is 5.69 Å². The third-order valence-electron chi connectivity index (χ3n) is 4.47. The smallest absolute Gasteiger partial charge is 0.294 e. The van der Waals surface area contributed by atoms with E-state index in [9.17, 15) is 14.4 Å². The average molecular weight is 471 g/mol. The van der Waals surface area contributed by atoms with Crippen LogP contribution in [0.25, 0.3) is 6.08 Å². The van der Waals surface area contributed by atoms with Gasteiger partial charge in [0.1, 0.15) is 12.3 Å². The lowest BCUT2D eigenvalue weighted by molar-refractivity contribution is -0.127. The lowest BCUT2D eigenvalue weighted by atomic mass is 10.2. The Balaban J connectivity index is 1.67. The van der Waals surface area contributed by atoms with E-state index in [1.54, 1.807) is 48.5 Å². The van der Waals surface area contributed by atoms with Gasteiger partial charge in [0.25, 0.3) is 11.1 Å². The summed E-state index contributed by atoms with van der Waals surface area (Å²) in [7, 11) is 1.53. The molecule has 1 aliphatic heterocycles. The highest BCUT2D eigenvalue weighted by Crippen LogP contribution is 2.34. The van der Waals surface area contributed by atoms with Crippen molar-refractivity contribution in [2.75, 3.05) is 25.6 Å². The van der Waals surface area contributed by atoms with Crippen LogP contribution in [0.15, 0.2) is 47.4 Å². The molecule has 0 aromatic heterocycles. The number of ether oxygens (including phenoxy) is 3. The van der Waals surface area contributed by atoms with Crippen LogP contribution in [-0.2, 0) is 9.59 Å². The Morgan fingerprint density at radius 1 is 1.12 bits per heavy atom. The molecule has 8 nitrogen and oxygen atoms in total. The van der Waals surface area contributed by atoms with Crippen LogP contribution in [0.4, 0.5) is 10.5 Å². The van der Waals surface area contributed by atoms with Gasteiger partial charge in [0.15, 0.2) is 11.5 Å². The minimum absolute atomic E-state index is 0.0185. The van der Waals surface area contributed by atoms with Crippen molar-refractivity contribution in [2.45, 2.75) is 26.9 Å². The third kappa shape index (κ3) is 6.29. The minimum atomic E-state index is -0.520. The van der Waals surface area contributed by atoms with E-state index in [1.165, 1.54) is 7.11 Å². The molecule has 2 aromatic rings. The molecule has 1 N–H and O–H groups in total. The van der Waals surface area contributed by atoms with Crippen LogP contribution in [0.1, 0.15) is 26.3 Å². The molecule has 1 heterocycles. The summed E-state index contributed by atoms with van der Waals surface area (Å²) in [6.45, 7) is 5.87. The van der Waals surface area contributed by atoms with Gasteiger partial charge >= 0.3 is 0 Å². The zero-order valence-corrected chi connectivity index (χ0v) is 19.7. The van der Waals surface area contributed by atoms with Crippen molar-refractivity contribution >= 4 is 40.6 Å². The number of rotatable bonds is 9. The van der Waals surface area contributed by atoms with E-state index < -0.39 is 17.1 Å². The monoisotopic (exact) mass is 470 g/mol. The van der Waals surface area contributed by atoms with Crippen molar-refractivity contribution in [1.29, 1.82) is 0 Å². The Bertz CT molecular complexity index is 1070. The summed E-state index contributed by atoms with van der Waals surface area (Å²) >= 11 is 0.791. The fraction of sp³-hybridized carbons (Fsp3) is 0.292. The maximum Gasteiger partial charge on any atom is 0.294 e. The molecule has 174 valence electrons. The van der Waals surface area contributed by atoms with Gasteiger partial charge in [-0.05, 0) is 80.6 Å². The lowest BCUT2D eigenvalue weighted by Gasteiger charge is -2.14. The van der Waals surface area contributed by atoms with E-state index in [0.29, 0.717) is 35.1 Å². The summed E-state index contributed by atoms with van der Waals surface area (Å²) in [4.78, 5) is 38.7. The summed E-state index contributed by atoms with van der Waals surface area (Å²) in [5.41, 5.74) is 1.22. The molecule has 9 heteroatoms. The van der Waals surface area contributed by atoms with E-state index in [4.69, 9.17) is 14.2 Å². The van der Waals surface area contributed by atoms with Crippen LogP contribution in [0.3, 0.4) is 0 Å². The predicted molar refractivity (Wildman–Crippen MR) is 128 cm³/mol. The highest BCUT2D eigenvalue weighted by atomic mass is 32.2. The van der Waals surface area contributed by atoms with Crippen LogP contribution < -0.4 is 19.5 Å². The number of nitrogens with zero attached hydrogens (tertiary/aromatic N) is 1. The summed E-state index contributed by atoms with van der Waals surface area (Å²) in [5, 5.41) is 2.18. The second kappa shape index (κ2) is 10.9. The Morgan fingerprint density at radius 3 is 2.48 bits per heavy atom. The second-order valence-electron chi connectivity index (χ2n) is 7.35. The van der Waals surface area contributed by atoms with Crippen molar-refractivity contribution in [1.82, 2.24) is 4.90 Å². The molecule has 3 rings (SSSR count). The van der Waals surface area contributed by atoms with Gasteiger partial charge in [-0.3, -0.25) is 19.3 Å². The molecule has 0 aliphatic carbocycles. The molecule has 0 atom stereocenters. The van der Waals surface area contributed by atoms with Gasteiger partial charge in [-0.1, -0.05) is 6.07 Å². The number of benzene rings is 2. The molecule has 1 fully saturated rings. The molecule has 3 amide bonds. The van der Waals surface area contributed by atoms with E-state index in [2.05, 4.69) is 5.32 Å². The number of carbonyl (C=O) groups is 3. The van der Waals surface area contributed by atoms with Crippen LogP contribution in [0.5, 0.6) is 17.2 Å².